The van der Waals surface area contributed by atoms with Crippen LogP contribution in [0.1, 0.15) is 0 Å². The summed E-state index contributed by atoms with van der Waals surface area (Å²) in [7, 11) is 0. The van der Waals surface area contributed by atoms with Crippen molar-refractivity contribution in [3.8, 4) is 78.7 Å². The van der Waals surface area contributed by atoms with Gasteiger partial charge in [0.15, 0.2) is 17.5 Å². The highest BCUT2D eigenvalue weighted by molar-refractivity contribution is 5.96. The van der Waals surface area contributed by atoms with Gasteiger partial charge in [0.25, 0.3) is 0 Å². The number of rotatable bonds is 7. The summed E-state index contributed by atoms with van der Waals surface area (Å²) in [6, 6.07) is 70.1. The van der Waals surface area contributed by atoms with Crippen molar-refractivity contribution in [1.29, 1.82) is 0 Å². The Morgan fingerprint density at radius 2 is 0.596 bits per heavy atom. The summed E-state index contributed by atoms with van der Waals surface area (Å²) in [4.78, 5) is 14.7. The standard InChI is InChI=1S/C49H33N3/c1-3-13-39(14-4-1)47-50-48(40-15-5-2-6-16-40)52-49(51-47)44-21-10-20-43(33-44)42-19-9-18-41(32-42)36-26-24-34(25-27-36)35-28-30-38(31-29-35)46-23-11-17-37-12-7-8-22-45(37)46/h1-33H. The van der Waals surface area contributed by atoms with E-state index >= 15 is 0 Å². The molecule has 0 saturated carbocycles. The summed E-state index contributed by atoms with van der Waals surface area (Å²) >= 11 is 0. The number of hydrogen-bond donors (Lipinski definition) is 0. The largest absolute Gasteiger partial charge is 0.208 e. The van der Waals surface area contributed by atoms with Crippen LogP contribution in [-0.2, 0) is 0 Å². The molecule has 9 rings (SSSR count). The Bertz CT molecular complexity index is 2580. The molecule has 0 N–H and O–H groups in total. The van der Waals surface area contributed by atoms with Gasteiger partial charge in [0.1, 0.15) is 0 Å². The van der Waals surface area contributed by atoms with Crippen molar-refractivity contribution in [2.24, 2.45) is 0 Å². The number of hydrogen-bond acceptors (Lipinski definition) is 3. The summed E-state index contributed by atoms with van der Waals surface area (Å²) in [5, 5.41) is 2.53. The van der Waals surface area contributed by atoms with Crippen molar-refractivity contribution >= 4 is 10.8 Å². The first kappa shape index (κ1) is 31.0. The Hall–Kier alpha value is -6.97. The molecule has 0 saturated heterocycles. The molecule has 3 nitrogen and oxygen atoms in total. The monoisotopic (exact) mass is 663 g/mol. The summed E-state index contributed by atoms with van der Waals surface area (Å²) in [6.45, 7) is 0. The maximum absolute atomic E-state index is 4.94. The molecule has 0 fully saturated rings. The van der Waals surface area contributed by atoms with Crippen LogP contribution in [0.25, 0.3) is 89.4 Å². The van der Waals surface area contributed by atoms with E-state index in [0.29, 0.717) is 17.5 Å². The van der Waals surface area contributed by atoms with E-state index in [9.17, 15) is 0 Å². The first-order chi connectivity index (χ1) is 25.7. The predicted octanol–water partition coefficient (Wildman–Crippen LogP) is 12.7. The Labute approximate surface area is 303 Å². The van der Waals surface area contributed by atoms with Crippen LogP contribution in [0.3, 0.4) is 0 Å². The minimum absolute atomic E-state index is 0.645. The van der Waals surface area contributed by atoms with Crippen LogP contribution < -0.4 is 0 Å². The van der Waals surface area contributed by atoms with Crippen molar-refractivity contribution < 1.29 is 0 Å². The Kier molecular flexibility index (Phi) is 8.20. The SMILES string of the molecule is c1ccc(-c2nc(-c3ccccc3)nc(-c3cccc(-c4cccc(-c5ccc(-c6ccc(-c7cccc8ccccc78)cc6)cc5)c4)c3)n2)cc1. The molecule has 0 aliphatic heterocycles. The Morgan fingerprint density at radius 1 is 0.231 bits per heavy atom. The lowest BCUT2D eigenvalue weighted by Gasteiger charge is -2.11. The highest BCUT2D eigenvalue weighted by Gasteiger charge is 2.13. The maximum atomic E-state index is 4.94. The third-order valence-corrected chi connectivity index (χ3v) is 9.55. The van der Waals surface area contributed by atoms with Gasteiger partial charge in [-0.2, -0.15) is 0 Å². The lowest BCUT2D eigenvalue weighted by molar-refractivity contribution is 1.07. The normalized spacial score (nSPS) is 11.1. The fourth-order valence-corrected chi connectivity index (χ4v) is 6.83. The van der Waals surface area contributed by atoms with Gasteiger partial charge < -0.3 is 0 Å². The average molecular weight is 664 g/mol. The highest BCUT2D eigenvalue weighted by atomic mass is 15.0. The molecule has 0 radical (unpaired) electrons. The van der Waals surface area contributed by atoms with E-state index in [1.165, 1.54) is 44.2 Å². The van der Waals surface area contributed by atoms with Crippen molar-refractivity contribution in [2.75, 3.05) is 0 Å². The van der Waals surface area contributed by atoms with Crippen LogP contribution in [0.15, 0.2) is 200 Å². The number of fused-ring (bicyclic) bond motifs is 1. The second-order valence-corrected chi connectivity index (χ2v) is 12.9. The maximum Gasteiger partial charge on any atom is 0.164 e. The van der Waals surface area contributed by atoms with Gasteiger partial charge in [-0.05, 0) is 67.4 Å². The van der Waals surface area contributed by atoms with Crippen LogP contribution in [0, 0.1) is 0 Å². The molecule has 0 aliphatic carbocycles. The predicted molar refractivity (Wildman–Crippen MR) is 215 cm³/mol. The molecule has 52 heavy (non-hydrogen) atoms. The summed E-state index contributed by atoms with van der Waals surface area (Å²) in [5.74, 6) is 1.95. The molecule has 0 spiro atoms. The molecule has 0 atom stereocenters. The number of aromatic nitrogens is 3. The third kappa shape index (κ3) is 6.28. The van der Waals surface area contributed by atoms with E-state index in [-0.39, 0.29) is 0 Å². The van der Waals surface area contributed by atoms with Gasteiger partial charge in [0, 0.05) is 16.7 Å². The van der Waals surface area contributed by atoms with Crippen molar-refractivity contribution in [3.05, 3.63) is 200 Å². The van der Waals surface area contributed by atoms with Gasteiger partial charge in [0.05, 0.1) is 0 Å². The molecule has 244 valence electrons. The fourth-order valence-electron chi connectivity index (χ4n) is 6.83. The lowest BCUT2D eigenvalue weighted by Crippen LogP contribution is -2.00. The van der Waals surface area contributed by atoms with Gasteiger partial charge in [0.2, 0.25) is 0 Å². The zero-order chi connectivity index (χ0) is 34.7. The van der Waals surface area contributed by atoms with Crippen molar-refractivity contribution in [1.82, 2.24) is 15.0 Å². The quantitative estimate of drug-likeness (QED) is 0.170. The van der Waals surface area contributed by atoms with Gasteiger partial charge in [-0.1, -0.05) is 188 Å². The van der Waals surface area contributed by atoms with E-state index in [1.54, 1.807) is 0 Å². The zero-order valence-electron chi connectivity index (χ0n) is 28.4. The number of nitrogens with zero attached hydrogens (tertiary/aromatic N) is 3. The molecule has 0 aliphatic rings. The second-order valence-electron chi connectivity index (χ2n) is 12.9. The minimum atomic E-state index is 0.645. The molecule has 0 amide bonds. The molecule has 0 bridgehead atoms. The molecular formula is C49H33N3. The van der Waals surface area contributed by atoms with Crippen LogP contribution in [0.4, 0.5) is 0 Å². The van der Waals surface area contributed by atoms with Gasteiger partial charge in [-0.25, -0.2) is 15.0 Å². The van der Waals surface area contributed by atoms with Crippen LogP contribution in [-0.4, -0.2) is 15.0 Å². The molecule has 9 aromatic rings. The van der Waals surface area contributed by atoms with E-state index < -0.39 is 0 Å². The van der Waals surface area contributed by atoms with Crippen molar-refractivity contribution in [3.63, 3.8) is 0 Å². The molecule has 0 unspecified atom stereocenters. The lowest BCUT2D eigenvalue weighted by atomic mass is 9.95. The van der Waals surface area contributed by atoms with Crippen molar-refractivity contribution in [2.45, 2.75) is 0 Å². The smallest absolute Gasteiger partial charge is 0.164 e. The average Bonchev–Trinajstić information content (AvgIpc) is 3.24. The summed E-state index contributed by atoms with van der Waals surface area (Å²) in [6.07, 6.45) is 0. The zero-order valence-corrected chi connectivity index (χ0v) is 28.4. The topological polar surface area (TPSA) is 38.7 Å². The van der Waals surface area contributed by atoms with E-state index in [2.05, 4.69) is 140 Å². The second kappa shape index (κ2) is 13.7. The molecule has 1 heterocycles. The highest BCUT2D eigenvalue weighted by Crippen LogP contribution is 2.33. The molecule has 3 heteroatoms. The van der Waals surface area contributed by atoms with E-state index in [1.807, 2.05) is 60.7 Å². The van der Waals surface area contributed by atoms with E-state index in [4.69, 9.17) is 15.0 Å². The summed E-state index contributed by atoms with van der Waals surface area (Å²) in [5.41, 5.74) is 12.3. The third-order valence-electron chi connectivity index (χ3n) is 9.55. The minimum Gasteiger partial charge on any atom is -0.208 e. The Balaban J connectivity index is 0.995. The first-order valence-corrected chi connectivity index (χ1v) is 17.5. The molecular weight excluding hydrogens is 631 g/mol. The molecule has 8 aromatic carbocycles. The van der Waals surface area contributed by atoms with Crippen LogP contribution in [0.5, 0.6) is 0 Å². The first-order valence-electron chi connectivity index (χ1n) is 17.5. The fraction of sp³-hybridized carbons (Fsp3) is 0. The van der Waals surface area contributed by atoms with E-state index in [0.717, 1.165) is 27.8 Å². The van der Waals surface area contributed by atoms with Gasteiger partial charge in [-0.15, -0.1) is 0 Å². The van der Waals surface area contributed by atoms with Gasteiger partial charge in [-0.3, -0.25) is 0 Å². The summed E-state index contributed by atoms with van der Waals surface area (Å²) < 4.78 is 0. The van der Waals surface area contributed by atoms with Crippen LogP contribution >= 0.6 is 0 Å². The molecule has 1 aromatic heterocycles. The van der Waals surface area contributed by atoms with Crippen LogP contribution in [0.2, 0.25) is 0 Å². The number of benzene rings is 8. The Morgan fingerprint density at radius 3 is 1.17 bits per heavy atom. The van der Waals surface area contributed by atoms with Gasteiger partial charge >= 0.3 is 0 Å².